The number of hydrogen-bond acceptors (Lipinski definition) is 1. The molecule has 0 bridgehead atoms. The number of hydrogen-bond donors (Lipinski definition) is 1. The maximum atomic E-state index is 4.35. The second-order valence-electron chi connectivity index (χ2n) is 15.8. The van der Waals surface area contributed by atoms with E-state index in [2.05, 4.69) is 110 Å². The van der Waals surface area contributed by atoms with E-state index in [4.69, 9.17) is 0 Å². The van der Waals surface area contributed by atoms with Crippen LogP contribution in [-0.2, 0) is 6.51 Å². The summed E-state index contributed by atoms with van der Waals surface area (Å²) in [6, 6.07) is 36.3. The van der Waals surface area contributed by atoms with Crippen molar-refractivity contribution in [3.05, 3.63) is 96.6 Å². The molecule has 3 aromatic carbocycles. The Labute approximate surface area is 199 Å². The molecule has 1 spiro atoms. The first-order valence-corrected chi connectivity index (χ1v) is 21.4. The quantitative estimate of drug-likeness (QED) is 0.253. The second kappa shape index (κ2) is 2.52. The van der Waals surface area contributed by atoms with Gasteiger partial charge in [0.05, 0.1) is 0 Å². The molecule has 10 saturated heterocycles. The molecular formula is C32H32FeNP. The van der Waals surface area contributed by atoms with Crippen LogP contribution in [0, 0.1) is 0 Å². The van der Waals surface area contributed by atoms with Crippen LogP contribution in [-0.4, -0.2) is 10.1 Å². The molecule has 3 aromatic rings. The Balaban J connectivity index is 1.09. The molecule has 0 radical (unpaired) electrons. The minimum atomic E-state index is -3.66. The van der Waals surface area contributed by atoms with Gasteiger partial charge in [0.1, 0.15) is 0 Å². The average Bonchev–Trinajstić information content (AvgIpc) is 3.85. The summed E-state index contributed by atoms with van der Waals surface area (Å²) >= 11 is 0. The van der Waals surface area contributed by atoms with Gasteiger partial charge in [-0.1, -0.05) is 0 Å². The molecule has 7 atom stereocenters. The van der Waals surface area contributed by atoms with E-state index >= 15 is 0 Å². The minimum absolute atomic E-state index is 0.269. The Bertz CT molecular complexity index is 1850. The number of benzene rings is 3. The van der Waals surface area contributed by atoms with Gasteiger partial charge >= 0.3 is 200 Å². The van der Waals surface area contributed by atoms with E-state index in [1.54, 1.807) is 10.6 Å². The zero-order valence-corrected chi connectivity index (χ0v) is 22.2. The third-order valence-electron chi connectivity index (χ3n) is 19.7. The van der Waals surface area contributed by atoms with Crippen LogP contribution in [0.2, 0.25) is 42.8 Å². The fraction of sp³-hybridized carbons (Fsp3) is 0.438. The predicted octanol–water partition coefficient (Wildman–Crippen LogP) is 7.53. The summed E-state index contributed by atoms with van der Waals surface area (Å²) < 4.78 is 1.53. The summed E-state index contributed by atoms with van der Waals surface area (Å²) in [7, 11) is -0.269. The Morgan fingerprint density at radius 1 is 0.657 bits per heavy atom. The third kappa shape index (κ3) is 0.395. The Hall–Kier alpha value is -1.43. The molecule has 4 unspecified atom stereocenters. The van der Waals surface area contributed by atoms with Crippen LogP contribution in [0.25, 0.3) is 0 Å². The monoisotopic (exact) mass is 517 g/mol. The van der Waals surface area contributed by atoms with Crippen LogP contribution in [0.4, 0.5) is 0 Å². The van der Waals surface area contributed by atoms with Gasteiger partial charge in [0.2, 0.25) is 0 Å². The Morgan fingerprint density at radius 2 is 1.14 bits per heavy atom. The van der Waals surface area contributed by atoms with Crippen molar-refractivity contribution in [1.29, 1.82) is 0 Å². The molecule has 3 heteroatoms. The molecule has 178 valence electrons. The van der Waals surface area contributed by atoms with Crippen LogP contribution < -0.4 is 15.9 Å². The molecule has 1 N–H and O–H groups in total. The average molecular weight is 517 g/mol. The van der Waals surface area contributed by atoms with Crippen LogP contribution in [0.5, 0.6) is 0 Å². The van der Waals surface area contributed by atoms with Gasteiger partial charge in [-0.15, -0.1) is 0 Å². The molecular weight excluding hydrogens is 485 g/mol. The Morgan fingerprint density at radius 3 is 1.60 bits per heavy atom. The molecule has 10 fully saturated rings. The van der Waals surface area contributed by atoms with Gasteiger partial charge in [-0.25, -0.2) is 0 Å². The summed E-state index contributed by atoms with van der Waals surface area (Å²) in [6.07, 6.45) is 0. The van der Waals surface area contributed by atoms with Crippen molar-refractivity contribution in [2.24, 2.45) is 0 Å². The molecule has 1 nitrogen and oxygen atoms in total. The van der Waals surface area contributed by atoms with E-state index < -0.39 is 6.51 Å². The molecule has 0 amide bonds. The number of fused-ring (bicyclic) bond motifs is 10. The van der Waals surface area contributed by atoms with E-state index in [1.165, 1.54) is 44.1 Å². The molecule has 0 saturated carbocycles. The molecule has 10 heterocycles. The van der Waals surface area contributed by atoms with Gasteiger partial charge in [0.25, 0.3) is 0 Å². The van der Waals surface area contributed by atoms with Crippen LogP contribution in [0.15, 0.2) is 91.0 Å². The first kappa shape index (κ1) is 17.1. The summed E-state index contributed by atoms with van der Waals surface area (Å²) in [5.74, 6) is 0. The van der Waals surface area contributed by atoms with Gasteiger partial charge in [-0.3, -0.25) is 0 Å². The maximum absolute atomic E-state index is 4.35. The van der Waals surface area contributed by atoms with E-state index in [-0.39, 0.29) is 7.92 Å². The van der Waals surface area contributed by atoms with Crippen LogP contribution in [0.3, 0.4) is 0 Å². The molecule has 13 rings (SSSR count). The topological polar surface area (TPSA) is 12.0 Å². The molecule has 10 aliphatic rings. The van der Waals surface area contributed by atoms with E-state index in [0.29, 0.717) is 12.1 Å². The molecule has 10 aliphatic heterocycles. The van der Waals surface area contributed by atoms with Crippen molar-refractivity contribution < 1.29 is 6.51 Å². The van der Waals surface area contributed by atoms with E-state index in [9.17, 15) is 0 Å². The van der Waals surface area contributed by atoms with E-state index in [0.717, 1.165) is 8.37 Å². The SMILES string of the molecule is C[C@H](N[C@H](C)[C@@]12[CH]3[CH]4[CH]5[C]1(P(c1ccccc1)c1ccccc1)[Fe]45321678[CH]2[CH]1[CH]6[CH]7[CH]28)c1ccccc1. The van der Waals surface area contributed by atoms with Gasteiger partial charge < -0.3 is 0 Å². The zero-order chi connectivity index (χ0) is 22.7. The number of rotatable bonds is 7. The summed E-state index contributed by atoms with van der Waals surface area (Å²) in [5, 5.41) is 7.77. The standard InChI is InChI=1S/C27H27NP.C5H5.Fe/c1-21(23-13-6-3-7-14-23)28-22(2)26-19-12-20-27(26)29(24-15-8-4-9-16-24)25-17-10-5-11-18-25;1-2-4-5-3-1;/h3-22,28H,1-2H3;1-5H;/t21-,22+;;/m0../s1. The predicted molar refractivity (Wildman–Crippen MR) is 142 cm³/mol. The first-order valence-electron chi connectivity index (χ1n) is 13.9. The Kier molecular flexibility index (Phi) is 1.23. The van der Waals surface area contributed by atoms with Crippen molar-refractivity contribution in [3.63, 3.8) is 0 Å². The normalized spacial score (nSPS) is 67.9. The molecule has 35 heavy (non-hydrogen) atoms. The van der Waals surface area contributed by atoms with Gasteiger partial charge in [-0.2, -0.15) is 0 Å². The van der Waals surface area contributed by atoms with Crippen molar-refractivity contribution in [2.45, 2.75) is 72.8 Å². The van der Waals surface area contributed by atoms with Gasteiger partial charge in [0.15, 0.2) is 0 Å². The summed E-state index contributed by atoms with van der Waals surface area (Å²) in [5.41, 5.74) is 1.47. The van der Waals surface area contributed by atoms with Crippen molar-refractivity contribution >= 4 is 18.5 Å². The van der Waals surface area contributed by atoms with Crippen LogP contribution >= 0.6 is 7.92 Å². The van der Waals surface area contributed by atoms with Gasteiger partial charge in [0, 0.05) is 0 Å². The zero-order valence-electron chi connectivity index (χ0n) is 20.2. The summed E-state index contributed by atoms with van der Waals surface area (Å²) in [6.45, 7) is 1.46. The van der Waals surface area contributed by atoms with Crippen molar-refractivity contribution in [3.8, 4) is 0 Å². The fourth-order valence-corrected chi connectivity index (χ4v) is 113. The van der Waals surface area contributed by atoms with Crippen molar-refractivity contribution in [1.82, 2.24) is 5.32 Å². The third-order valence-corrected chi connectivity index (χ3v) is 69.9. The fourth-order valence-electron chi connectivity index (χ4n) is 21.5. The first-order chi connectivity index (χ1) is 16.9. The molecule has 0 aromatic heterocycles. The van der Waals surface area contributed by atoms with Crippen LogP contribution in [0.1, 0.15) is 25.5 Å². The van der Waals surface area contributed by atoms with E-state index in [1.807, 2.05) is 0 Å². The van der Waals surface area contributed by atoms with Gasteiger partial charge in [-0.05, 0) is 0 Å². The number of nitrogens with one attached hydrogen (secondary N) is 1. The molecule has 0 aliphatic carbocycles. The second-order valence-corrected chi connectivity index (χ2v) is 41.9. The van der Waals surface area contributed by atoms with Crippen molar-refractivity contribution in [2.75, 3.05) is 0 Å². The summed E-state index contributed by atoms with van der Waals surface area (Å²) in [4.78, 5) is 10.4.